The maximum Gasteiger partial charge on any atom is 0.334 e. The van der Waals surface area contributed by atoms with Crippen molar-refractivity contribution in [3.8, 4) is 16.9 Å². The van der Waals surface area contributed by atoms with Crippen LogP contribution in [0.5, 0.6) is 5.75 Å². The number of carbonyl (C=O) groups excluding carboxylic acids is 1. The van der Waals surface area contributed by atoms with E-state index in [4.69, 9.17) is 15.2 Å². The number of nitrogens with one attached hydrogen (secondary N) is 1. The second kappa shape index (κ2) is 11.3. The molecule has 1 aromatic heterocycles. The summed E-state index contributed by atoms with van der Waals surface area (Å²) in [5.41, 5.74) is 9.50. The number of nitrogens with two attached hydrogens (primary N) is 1. The molecule has 3 N–H and O–H groups in total. The number of carbonyl (C=O) groups is 1. The highest BCUT2D eigenvalue weighted by Gasteiger charge is 2.35. The van der Waals surface area contributed by atoms with Gasteiger partial charge in [-0.1, -0.05) is 81.4 Å². The van der Waals surface area contributed by atoms with Crippen LogP contribution in [-0.2, 0) is 33.7 Å². The lowest BCUT2D eigenvalue weighted by Gasteiger charge is -2.24. The summed E-state index contributed by atoms with van der Waals surface area (Å²) in [6.45, 7) is 10.1. The summed E-state index contributed by atoms with van der Waals surface area (Å²) in [7, 11) is 0. The Balaban J connectivity index is 1.58. The number of rotatable bonds is 8. The van der Waals surface area contributed by atoms with E-state index >= 15 is 0 Å². The van der Waals surface area contributed by atoms with Crippen molar-refractivity contribution in [2.24, 2.45) is 5.73 Å². The summed E-state index contributed by atoms with van der Waals surface area (Å²) in [6, 6.07) is 25.3. The van der Waals surface area contributed by atoms with Crippen LogP contribution in [-0.4, -0.2) is 15.9 Å². The Morgan fingerprint density at radius 3 is 2.31 bits per heavy atom. The third-order valence-corrected chi connectivity index (χ3v) is 6.50. The standard InChI is InChI=1S/C32H35N3O4/c1-21-17-28(36)35-29(34-21)32(5,33)30(37)39-20-24-13-9-10-14-25(24)23-15-16-27(26(18-23)31(2,3)4)38-19-22-11-7-6-8-12-22/h6-18H,19-20,33H2,1-5H3,(H,34,35,36). The summed E-state index contributed by atoms with van der Waals surface area (Å²) < 4.78 is 11.9. The van der Waals surface area contributed by atoms with E-state index < -0.39 is 11.5 Å². The molecule has 0 amide bonds. The van der Waals surface area contributed by atoms with Crippen molar-refractivity contribution >= 4 is 5.97 Å². The van der Waals surface area contributed by atoms with Gasteiger partial charge in [0.25, 0.3) is 5.56 Å². The van der Waals surface area contributed by atoms with Gasteiger partial charge in [-0.2, -0.15) is 0 Å². The van der Waals surface area contributed by atoms with Gasteiger partial charge in [-0.3, -0.25) is 4.79 Å². The van der Waals surface area contributed by atoms with Crippen molar-refractivity contribution in [2.45, 2.75) is 58.8 Å². The van der Waals surface area contributed by atoms with Crippen LogP contribution in [0.25, 0.3) is 11.1 Å². The number of aromatic amines is 1. The SMILES string of the molecule is Cc1cc(=O)[nH]c(C(C)(N)C(=O)OCc2ccccc2-c2ccc(OCc3ccccc3)c(C(C)(C)C)c2)n1. The second-order valence-electron chi connectivity index (χ2n) is 10.9. The fourth-order valence-corrected chi connectivity index (χ4v) is 4.29. The van der Waals surface area contributed by atoms with Crippen LogP contribution in [0.3, 0.4) is 0 Å². The monoisotopic (exact) mass is 525 g/mol. The molecule has 1 atom stereocenters. The van der Waals surface area contributed by atoms with Gasteiger partial charge in [0.05, 0.1) is 0 Å². The Hall–Kier alpha value is -4.23. The lowest BCUT2D eigenvalue weighted by Crippen LogP contribution is -2.45. The van der Waals surface area contributed by atoms with Gasteiger partial charge in [0.1, 0.15) is 24.8 Å². The Labute approximate surface area is 229 Å². The molecule has 1 unspecified atom stereocenters. The summed E-state index contributed by atoms with van der Waals surface area (Å²) in [4.78, 5) is 31.7. The van der Waals surface area contributed by atoms with Crippen molar-refractivity contribution in [1.29, 1.82) is 0 Å². The number of nitrogens with zero attached hydrogens (tertiary/aromatic N) is 1. The average Bonchev–Trinajstić information content (AvgIpc) is 2.90. The van der Waals surface area contributed by atoms with Crippen molar-refractivity contribution < 1.29 is 14.3 Å². The number of hydrogen-bond donors (Lipinski definition) is 2. The molecule has 0 saturated heterocycles. The van der Waals surface area contributed by atoms with Crippen molar-refractivity contribution in [2.75, 3.05) is 0 Å². The molecule has 1 heterocycles. The molecule has 202 valence electrons. The van der Waals surface area contributed by atoms with E-state index in [1.807, 2.05) is 66.7 Å². The summed E-state index contributed by atoms with van der Waals surface area (Å²) in [5.74, 6) is 0.204. The van der Waals surface area contributed by atoms with E-state index in [1.165, 1.54) is 13.0 Å². The van der Waals surface area contributed by atoms with Gasteiger partial charge < -0.3 is 20.2 Å². The van der Waals surface area contributed by atoms with Crippen LogP contribution in [0, 0.1) is 6.92 Å². The van der Waals surface area contributed by atoms with Gasteiger partial charge >= 0.3 is 5.97 Å². The molecular formula is C32H35N3O4. The highest BCUT2D eigenvalue weighted by Crippen LogP contribution is 2.36. The molecule has 4 aromatic rings. The maximum absolute atomic E-state index is 13.0. The van der Waals surface area contributed by atoms with Crippen LogP contribution in [0.1, 0.15) is 55.9 Å². The predicted molar refractivity (Wildman–Crippen MR) is 152 cm³/mol. The van der Waals surface area contributed by atoms with Gasteiger partial charge in [0.2, 0.25) is 0 Å². The predicted octanol–water partition coefficient (Wildman–Crippen LogP) is 5.54. The number of ether oxygens (including phenoxy) is 2. The molecule has 0 radical (unpaired) electrons. The topological polar surface area (TPSA) is 107 Å². The van der Waals surface area contributed by atoms with Gasteiger partial charge in [-0.25, -0.2) is 9.78 Å². The van der Waals surface area contributed by atoms with Gasteiger partial charge in [0.15, 0.2) is 5.54 Å². The molecule has 0 fully saturated rings. The minimum atomic E-state index is -1.61. The molecule has 0 saturated carbocycles. The largest absolute Gasteiger partial charge is 0.489 e. The smallest absolute Gasteiger partial charge is 0.334 e. The van der Waals surface area contributed by atoms with E-state index in [0.717, 1.165) is 33.6 Å². The summed E-state index contributed by atoms with van der Waals surface area (Å²) >= 11 is 0. The maximum atomic E-state index is 13.0. The molecule has 0 bridgehead atoms. The van der Waals surface area contributed by atoms with Crippen LogP contribution in [0.15, 0.2) is 83.7 Å². The summed E-state index contributed by atoms with van der Waals surface area (Å²) in [5, 5.41) is 0. The van der Waals surface area contributed by atoms with E-state index in [1.54, 1.807) is 6.92 Å². The van der Waals surface area contributed by atoms with Gasteiger partial charge in [0, 0.05) is 17.3 Å². The number of hydrogen-bond acceptors (Lipinski definition) is 6. The third kappa shape index (κ3) is 6.62. The molecule has 39 heavy (non-hydrogen) atoms. The number of H-pyrrole nitrogens is 1. The van der Waals surface area contributed by atoms with E-state index in [0.29, 0.717) is 12.3 Å². The normalized spacial score (nSPS) is 13.0. The zero-order valence-electron chi connectivity index (χ0n) is 23.1. The highest BCUT2D eigenvalue weighted by atomic mass is 16.5. The molecule has 0 aliphatic rings. The molecule has 0 spiro atoms. The number of aromatic nitrogens is 2. The first-order valence-electron chi connectivity index (χ1n) is 12.9. The van der Waals surface area contributed by atoms with Crippen LogP contribution >= 0.6 is 0 Å². The third-order valence-electron chi connectivity index (χ3n) is 6.50. The van der Waals surface area contributed by atoms with E-state index in [9.17, 15) is 9.59 Å². The minimum absolute atomic E-state index is 0.00888. The van der Waals surface area contributed by atoms with Crippen LogP contribution < -0.4 is 16.0 Å². The lowest BCUT2D eigenvalue weighted by molar-refractivity contribution is -0.151. The fourth-order valence-electron chi connectivity index (χ4n) is 4.29. The Morgan fingerprint density at radius 1 is 0.923 bits per heavy atom. The van der Waals surface area contributed by atoms with Crippen LogP contribution in [0.4, 0.5) is 0 Å². The Bertz CT molecular complexity index is 1520. The fraction of sp³-hybridized carbons (Fsp3) is 0.281. The highest BCUT2D eigenvalue weighted by molar-refractivity contribution is 5.81. The number of aryl methyl sites for hydroxylation is 1. The number of esters is 1. The first kappa shape index (κ1) is 27.8. The molecule has 7 heteroatoms. The van der Waals surface area contributed by atoms with Gasteiger partial charge in [-0.05, 0) is 53.6 Å². The Kier molecular flexibility index (Phi) is 8.02. The van der Waals surface area contributed by atoms with Crippen molar-refractivity contribution in [3.05, 3.63) is 117 Å². The molecule has 7 nitrogen and oxygen atoms in total. The minimum Gasteiger partial charge on any atom is -0.489 e. The van der Waals surface area contributed by atoms with Crippen LogP contribution in [0.2, 0.25) is 0 Å². The molecular weight excluding hydrogens is 490 g/mol. The molecule has 0 aliphatic heterocycles. The first-order valence-corrected chi connectivity index (χ1v) is 12.9. The summed E-state index contributed by atoms with van der Waals surface area (Å²) in [6.07, 6.45) is 0. The van der Waals surface area contributed by atoms with Crippen molar-refractivity contribution in [1.82, 2.24) is 9.97 Å². The second-order valence-corrected chi connectivity index (χ2v) is 10.9. The number of benzene rings is 3. The zero-order valence-corrected chi connectivity index (χ0v) is 23.1. The first-order chi connectivity index (χ1) is 18.4. The zero-order chi connectivity index (χ0) is 28.2. The molecule has 4 rings (SSSR count). The molecule has 3 aromatic carbocycles. The van der Waals surface area contributed by atoms with E-state index in [2.05, 4.69) is 36.8 Å². The average molecular weight is 526 g/mol. The van der Waals surface area contributed by atoms with Gasteiger partial charge in [-0.15, -0.1) is 0 Å². The molecule has 0 aliphatic carbocycles. The lowest BCUT2D eigenvalue weighted by atomic mass is 9.84. The quantitative estimate of drug-likeness (QED) is 0.293. The Morgan fingerprint density at radius 2 is 1.62 bits per heavy atom. The van der Waals surface area contributed by atoms with E-state index in [-0.39, 0.29) is 23.4 Å². The van der Waals surface area contributed by atoms with Crippen molar-refractivity contribution in [3.63, 3.8) is 0 Å².